The van der Waals surface area contributed by atoms with Gasteiger partial charge in [0, 0.05) is 25.1 Å². The highest BCUT2D eigenvalue weighted by Gasteiger charge is 2.33. The number of morpholine rings is 1. The summed E-state index contributed by atoms with van der Waals surface area (Å²) in [4.78, 5) is 27.6. The second kappa shape index (κ2) is 7.49. The molecule has 3 heterocycles. The van der Waals surface area contributed by atoms with Gasteiger partial charge in [-0.3, -0.25) is 4.79 Å². The number of amides is 1. The van der Waals surface area contributed by atoms with Crippen molar-refractivity contribution < 1.29 is 14.1 Å². The minimum atomic E-state index is -0.310. The van der Waals surface area contributed by atoms with Gasteiger partial charge in [-0.05, 0) is 12.8 Å². The predicted octanol–water partition coefficient (Wildman–Crippen LogP) is 2.18. The van der Waals surface area contributed by atoms with Crippen molar-refractivity contribution in [2.45, 2.75) is 45.1 Å². The second-order valence-electron chi connectivity index (χ2n) is 6.81. The molecule has 1 saturated heterocycles. The number of hydrogen-bond donors (Lipinski definition) is 0. The number of carbonyl (C=O) groups excluding carboxylic acids is 1. The fraction of sp³-hybridized carbons (Fsp3) is 0.611. The molecule has 4 rings (SSSR count). The highest BCUT2D eigenvalue weighted by atomic mass is 16.5. The van der Waals surface area contributed by atoms with E-state index >= 15 is 0 Å². The van der Waals surface area contributed by atoms with Gasteiger partial charge in [-0.15, -0.1) is 0 Å². The fourth-order valence-corrected chi connectivity index (χ4v) is 3.72. The molecule has 8 heteroatoms. The van der Waals surface area contributed by atoms with Crippen molar-refractivity contribution in [1.82, 2.24) is 25.0 Å². The molecule has 0 radical (unpaired) electrons. The zero-order valence-corrected chi connectivity index (χ0v) is 14.9. The molecule has 0 unspecified atom stereocenters. The number of hydrogen-bond acceptors (Lipinski definition) is 7. The van der Waals surface area contributed by atoms with E-state index in [0.29, 0.717) is 49.1 Å². The van der Waals surface area contributed by atoms with Crippen LogP contribution in [0.1, 0.15) is 50.3 Å². The maximum atomic E-state index is 12.8. The zero-order chi connectivity index (χ0) is 17.9. The van der Waals surface area contributed by atoms with Gasteiger partial charge in [0.1, 0.15) is 12.4 Å². The van der Waals surface area contributed by atoms with E-state index in [-0.39, 0.29) is 17.9 Å². The summed E-state index contributed by atoms with van der Waals surface area (Å²) in [5, 5.41) is 4.03. The summed E-state index contributed by atoms with van der Waals surface area (Å²) in [5.74, 6) is 1.44. The Hall–Kier alpha value is -2.35. The lowest BCUT2D eigenvalue weighted by atomic mass is 10.0. The highest BCUT2D eigenvalue weighted by Crippen LogP contribution is 2.31. The molecule has 8 nitrogen and oxygen atoms in total. The minimum absolute atomic E-state index is 0.169. The van der Waals surface area contributed by atoms with Gasteiger partial charge >= 0.3 is 0 Å². The summed E-state index contributed by atoms with van der Waals surface area (Å²) in [5.41, 5.74) is 1.39. The molecule has 138 valence electrons. The average Bonchev–Trinajstić information content (AvgIpc) is 3.39. The third-order valence-corrected chi connectivity index (χ3v) is 5.14. The molecule has 1 saturated carbocycles. The molecule has 0 aromatic carbocycles. The van der Waals surface area contributed by atoms with E-state index in [4.69, 9.17) is 9.26 Å². The molecular formula is C18H23N5O3. The normalized spacial score (nSPS) is 21.3. The first-order valence-electron chi connectivity index (χ1n) is 9.29. The van der Waals surface area contributed by atoms with Gasteiger partial charge in [-0.2, -0.15) is 4.98 Å². The van der Waals surface area contributed by atoms with Gasteiger partial charge < -0.3 is 14.2 Å². The molecule has 26 heavy (non-hydrogen) atoms. The van der Waals surface area contributed by atoms with Crippen LogP contribution in [0.15, 0.2) is 17.0 Å². The predicted molar refractivity (Wildman–Crippen MR) is 91.9 cm³/mol. The zero-order valence-electron chi connectivity index (χ0n) is 14.9. The van der Waals surface area contributed by atoms with Gasteiger partial charge in [-0.1, -0.05) is 24.9 Å². The molecule has 0 N–H and O–H groups in total. The van der Waals surface area contributed by atoms with Crippen molar-refractivity contribution in [3.8, 4) is 11.4 Å². The van der Waals surface area contributed by atoms with Crippen LogP contribution in [-0.2, 0) is 16.0 Å². The minimum Gasteiger partial charge on any atom is -0.368 e. The lowest BCUT2D eigenvalue weighted by molar-refractivity contribution is -0.143. The van der Waals surface area contributed by atoms with Crippen LogP contribution >= 0.6 is 0 Å². The van der Waals surface area contributed by atoms with Crippen LogP contribution in [0, 0.1) is 5.92 Å². The topological polar surface area (TPSA) is 94.2 Å². The molecule has 1 aliphatic heterocycles. The number of carbonyl (C=O) groups is 1. The maximum absolute atomic E-state index is 12.8. The summed E-state index contributed by atoms with van der Waals surface area (Å²) < 4.78 is 11.1. The van der Waals surface area contributed by atoms with Gasteiger partial charge in [-0.25, -0.2) is 9.97 Å². The van der Waals surface area contributed by atoms with Crippen LogP contribution in [-0.4, -0.2) is 50.6 Å². The number of aromatic nitrogens is 4. The number of rotatable bonds is 4. The molecule has 0 bridgehead atoms. The summed E-state index contributed by atoms with van der Waals surface area (Å²) in [6.45, 7) is 3.59. The lowest BCUT2D eigenvalue weighted by Gasteiger charge is -2.34. The van der Waals surface area contributed by atoms with E-state index in [0.717, 1.165) is 25.7 Å². The van der Waals surface area contributed by atoms with Crippen molar-refractivity contribution in [3.63, 3.8) is 0 Å². The number of aryl methyl sites for hydroxylation is 1. The molecule has 2 fully saturated rings. The SMILES string of the molecule is CCc1nc(-c2cncnc2[C@@H]2CN(C(=O)C3CCCC3)CCO2)no1. The van der Waals surface area contributed by atoms with Crippen molar-refractivity contribution in [1.29, 1.82) is 0 Å². The van der Waals surface area contributed by atoms with E-state index in [2.05, 4.69) is 20.1 Å². The Morgan fingerprint density at radius 3 is 2.96 bits per heavy atom. The van der Waals surface area contributed by atoms with Gasteiger partial charge in [0.25, 0.3) is 0 Å². The fourth-order valence-electron chi connectivity index (χ4n) is 3.72. The van der Waals surface area contributed by atoms with E-state index < -0.39 is 0 Å². The molecule has 0 spiro atoms. The first kappa shape index (κ1) is 17.1. The standard InChI is InChI=1S/C18H23N5O3/c1-2-15-21-17(22-26-15)13-9-19-11-20-16(13)14-10-23(7-8-25-14)18(24)12-5-3-4-6-12/h9,11-12,14H,2-8,10H2,1H3/t14-/m0/s1. The molecule has 1 aliphatic carbocycles. The molecule has 2 aromatic heterocycles. The third kappa shape index (κ3) is 3.33. The maximum Gasteiger partial charge on any atom is 0.226 e. The average molecular weight is 357 g/mol. The Kier molecular flexibility index (Phi) is 4.92. The smallest absolute Gasteiger partial charge is 0.226 e. The molecule has 1 amide bonds. The Morgan fingerprint density at radius 1 is 1.35 bits per heavy atom. The lowest BCUT2D eigenvalue weighted by Crippen LogP contribution is -2.44. The van der Waals surface area contributed by atoms with Crippen LogP contribution in [0.3, 0.4) is 0 Å². The van der Waals surface area contributed by atoms with Crippen molar-refractivity contribution >= 4 is 5.91 Å². The van der Waals surface area contributed by atoms with Gasteiger partial charge in [0.15, 0.2) is 0 Å². The largest absolute Gasteiger partial charge is 0.368 e. The van der Waals surface area contributed by atoms with Crippen molar-refractivity contribution in [2.75, 3.05) is 19.7 Å². The second-order valence-corrected chi connectivity index (χ2v) is 6.81. The van der Waals surface area contributed by atoms with Gasteiger partial charge in [0.05, 0.1) is 24.4 Å². The number of ether oxygens (including phenoxy) is 1. The van der Waals surface area contributed by atoms with E-state index in [1.807, 2.05) is 11.8 Å². The first-order chi connectivity index (χ1) is 12.8. The third-order valence-electron chi connectivity index (χ3n) is 5.14. The number of nitrogens with zero attached hydrogens (tertiary/aromatic N) is 5. The molecule has 2 aromatic rings. The van der Waals surface area contributed by atoms with Crippen LogP contribution in [0.25, 0.3) is 11.4 Å². The van der Waals surface area contributed by atoms with Gasteiger partial charge in [0.2, 0.25) is 17.6 Å². The monoisotopic (exact) mass is 357 g/mol. The summed E-state index contributed by atoms with van der Waals surface area (Å²) in [7, 11) is 0. The molecular weight excluding hydrogens is 334 g/mol. The summed E-state index contributed by atoms with van der Waals surface area (Å²) in [6.07, 6.45) is 7.82. The highest BCUT2D eigenvalue weighted by molar-refractivity contribution is 5.79. The van der Waals surface area contributed by atoms with Crippen LogP contribution < -0.4 is 0 Å². The summed E-state index contributed by atoms with van der Waals surface area (Å²) in [6, 6.07) is 0. The van der Waals surface area contributed by atoms with E-state index in [9.17, 15) is 4.79 Å². The van der Waals surface area contributed by atoms with E-state index in [1.54, 1.807) is 6.20 Å². The van der Waals surface area contributed by atoms with Crippen LogP contribution in [0.4, 0.5) is 0 Å². The molecule has 1 atom stereocenters. The van der Waals surface area contributed by atoms with E-state index in [1.165, 1.54) is 6.33 Å². The quantitative estimate of drug-likeness (QED) is 0.827. The van der Waals surface area contributed by atoms with Crippen molar-refractivity contribution in [3.05, 3.63) is 24.1 Å². The van der Waals surface area contributed by atoms with Crippen LogP contribution in [0.5, 0.6) is 0 Å². The van der Waals surface area contributed by atoms with Crippen molar-refractivity contribution in [2.24, 2.45) is 5.92 Å². The first-order valence-corrected chi connectivity index (χ1v) is 9.29. The Morgan fingerprint density at radius 2 is 2.19 bits per heavy atom. The Bertz CT molecular complexity index is 772. The molecule has 2 aliphatic rings. The Labute approximate surface area is 152 Å². The Balaban J connectivity index is 1.56. The summed E-state index contributed by atoms with van der Waals surface area (Å²) >= 11 is 0. The van der Waals surface area contributed by atoms with Crippen LogP contribution in [0.2, 0.25) is 0 Å².